The minimum atomic E-state index is -0.169. The van der Waals surface area contributed by atoms with Gasteiger partial charge in [0.05, 0.1) is 12.7 Å². The third-order valence-electron chi connectivity index (χ3n) is 4.74. The minimum absolute atomic E-state index is 0.169. The molecule has 2 heterocycles. The molecule has 0 amide bonds. The van der Waals surface area contributed by atoms with E-state index in [1.165, 1.54) is 23.8 Å². The molecule has 0 aromatic heterocycles. The van der Waals surface area contributed by atoms with Crippen molar-refractivity contribution in [1.82, 2.24) is 4.90 Å². The van der Waals surface area contributed by atoms with Crippen LogP contribution in [0.15, 0.2) is 29.8 Å². The fourth-order valence-electron chi connectivity index (χ4n) is 3.55. The Kier molecular flexibility index (Phi) is 3.38. The number of hydrogen-bond acceptors (Lipinski definition) is 3. The van der Waals surface area contributed by atoms with Gasteiger partial charge in [0.2, 0.25) is 0 Å². The van der Waals surface area contributed by atoms with Crippen molar-refractivity contribution >= 4 is 11.5 Å². The zero-order chi connectivity index (χ0) is 14.3. The fourth-order valence-corrected chi connectivity index (χ4v) is 3.55. The topological polar surface area (TPSA) is 29.5 Å². The lowest BCUT2D eigenvalue weighted by atomic mass is 9.88. The normalized spacial score (nSPS) is 25.9. The summed E-state index contributed by atoms with van der Waals surface area (Å²) in [4.78, 5) is 14.6. The van der Waals surface area contributed by atoms with Gasteiger partial charge in [-0.15, -0.1) is 0 Å². The molecule has 2 aliphatic heterocycles. The maximum absolute atomic E-state index is 12.2. The van der Waals surface area contributed by atoms with Crippen molar-refractivity contribution in [2.75, 3.05) is 14.2 Å². The third-order valence-corrected chi connectivity index (χ3v) is 4.74. The van der Waals surface area contributed by atoms with Crippen LogP contribution in [0, 0.1) is 6.92 Å². The van der Waals surface area contributed by atoms with E-state index >= 15 is 0 Å². The molecule has 0 radical (unpaired) electrons. The van der Waals surface area contributed by atoms with Gasteiger partial charge in [-0.05, 0) is 44.4 Å². The van der Waals surface area contributed by atoms with Crippen molar-refractivity contribution in [1.29, 1.82) is 0 Å². The van der Waals surface area contributed by atoms with Crippen molar-refractivity contribution in [3.8, 4) is 0 Å². The van der Waals surface area contributed by atoms with E-state index in [2.05, 4.69) is 43.1 Å². The first-order valence-electron chi connectivity index (χ1n) is 7.22. The largest absolute Gasteiger partial charge is 0.466 e. The minimum Gasteiger partial charge on any atom is -0.466 e. The van der Waals surface area contributed by atoms with Gasteiger partial charge in [0.1, 0.15) is 0 Å². The van der Waals surface area contributed by atoms with E-state index in [0.29, 0.717) is 6.04 Å². The molecule has 3 rings (SSSR count). The zero-order valence-electron chi connectivity index (χ0n) is 12.3. The lowest BCUT2D eigenvalue weighted by Crippen LogP contribution is -2.40. The van der Waals surface area contributed by atoms with E-state index in [0.717, 1.165) is 24.8 Å². The highest BCUT2D eigenvalue weighted by molar-refractivity contribution is 5.99. The Morgan fingerprint density at radius 1 is 1.25 bits per heavy atom. The van der Waals surface area contributed by atoms with Crippen LogP contribution < -0.4 is 0 Å². The zero-order valence-corrected chi connectivity index (χ0v) is 12.3. The van der Waals surface area contributed by atoms with Crippen molar-refractivity contribution in [2.24, 2.45) is 0 Å². The number of rotatable bonds is 2. The predicted octanol–water partition coefficient (Wildman–Crippen LogP) is 2.79. The number of ether oxygens (including phenoxy) is 1. The number of carbonyl (C=O) groups excluding carboxylic acids is 1. The monoisotopic (exact) mass is 271 g/mol. The van der Waals surface area contributed by atoms with E-state index in [1.807, 2.05) is 0 Å². The van der Waals surface area contributed by atoms with E-state index in [-0.39, 0.29) is 12.0 Å². The quantitative estimate of drug-likeness (QED) is 0.775. The molecule has 2 bridgehead atoms. The van der Waals surface area contributed by atoms with Gasteiger partial charge in [-0.1, -0.05) is 29.8 Å². The lowest BCUT2D eigenvalue weighted by Gasteiger charge is -2.34. The number of fused-ring (bicyclic) bond motifs is 2. The first-order valence-corrected chi connectivity index (χ1v) is 7.22. The van der Waals surface area contributed by atoms with Crippen LogP contribution in [0.4, 0.5) is 0 Å². The summed E-state index contributed by atoms with van der Waals surface area (Å²) in [5.41, 5.74) is 4.46. The molecule has 0 saturated carbocycles. The molecule has 3 heteroatoms. The molecule has 0 aliphatic carbocycles. The fraction of sp³-hybridized carbons (Fsp3) is 0.471. The average Bonchev–Trinajstić information content (AvgIpc) is 2.70. The number of carbonyl (C=O) groups is 1. The van der Waals surface area contributed by atoms with Crippen LogP contribution in [0.3, 0.4) is 0 Å². The maximum Gasteiger partial charge on any atom is 0.335 e. The first kappa shape index (κ1) is 13.4. The summed E-state index contributed by atoms with van der Waals surface area (Å²) < 4.78 is 5.04. The number of benzene rings is 1. The molecular weight excluding hydrogens is 250 g/mol. The summed E-state index contributed by atoms with van der Waals surface area (Å²) in [6.45, 7) is 2.08. The standard InChI is InChI=1S/C17H21NO2/c1-11-4-6-12(7-5-11)14-10-13-8-9-15(18(13)2)16(14)17(19)20-3/h4-7,13,15H,8-10H2,1-3H3/t13-,15+/m0/s1. The van der Waals surface area contributed by atoms with Crippen molar-refractivity contribution < 1.29 is 9.53 Å². The van der Waals surface area contributed by atoms with Crippen LogP contribution in [0.25, 0.3) is 5.57 Å². The van der Waals surface area contributed by atoms with Gasteiger partial charge in [0.15, 0.2) is 0 Å². The molecule has 3 nitrogen and oxygen atoms in total. The second-order valence-electron chi connectivity index (χ2n) is 5.87. The number of hydrogen-bond donors (Lipinski definition) is 0. The van der Waals surface area contributed by atoms with Crippen molar-refractivity contribution in [3.05, 3.63) is 41.0 Å². The van der Waals surface area contributed by atoms with Gasteiger partial charge in [0, 0.05) is 12.1 Å². The van der Waals surface area contributed by atoms with Gasteiger partial charge < -0.3 is 4.74 Å². The maximum atomic E-state index is 12.2. The summed E-state index contributed by atoms with van der Waals surface area (Å²) in [6, 6.07) is 9.24. The number of nitrogens with zero attached hydrogens (tertiary/aromatic N) is 1. The van der Waals surface area contributed by atoms with Crippen LogP contribution in [-0.4, -0.2) is 37.1 Å². The van der Waals surface area contributed by atoms with Crippen LogP contribution in [-0.2, 0) is 9.53 Å². The molecule has 1 saturated heterocycles. The Balaban J connectivity index is 2.10. The molecular formula is C17H21NO2. The number of esters is 1. The smallest absolute Gasteiger partial charge is 0.335 e. The van der Waals surface area contributed by atoms with Crippen LogP contribution in [0.5, 0.6) is 0 Å². The lowest BCUT2D eigenvalue weighted by molar-refractivity contribution is -0.136. The average molecular weight is 271 g/mol. The number of methoxy groups -OCH3 is 1. The van der Waals surface area contributed by atoms with E-state index < -0.39 is 0 Å². The molecule has 1 fully saturated rings. The Labute approximate surface area is 120 Å². The number of likely N-dealkylation sites (N-methyl/N-ethyl adjacent to an activating group) is 1. The van der Waals surface area contributed by atoms with E-state index in [9.17, 15) is 4.79 Å². The molecule has 0 spiro atoms. The van der Waals surface area contributed by atoms with Gasteiger partial charge in [-0.2, -0.15) is 0 Å². The van der Waals surface area contributed by atoms with Gasteiger partial charge >= 0.3 is 5.97 Å². The molecule has 2 aliphatic rings. The van der Waals surface area contributed by atoms with Crippen molar-refractivity contribution in [3.63, 3.8) is 0 Å². The Hall–Kier alpha value is -1.61. The predicted molar refractivity (Wildman–Crippen MR) is 79.3 cm³/mol. The highest BCUT2D eigenvalue weighted by atomic mass is 16.5. The van der Waals surface area contributed by atoms with Crippen molar-refractivity contribution in [2.45, 2.75) is 38.3 Å². The Bertz CT molecular complexity index is 559. The van der Waals surface area contributed by atoms with Crippen LogP contribution in [0.1, 0.15) is 30.4 Å². The van der Waals surface area contributed by atoms with E-state index in [4.69, 9.17) is 4.74 Å². The van der Waals surface area contributed by atoms with Gasteiger partial charge in [0.25, 0.3) is 0 Å². The summed E-state index contributed by atoms with van der Waals surface area (Å²) >= 11 is 0. The summed E-state index contributed by atoms with van der Waals surface area (Å²) in [5, 5.41) is 0. The molecule has 2 atom stereocenters. The van der Waals surface area contributed by atoms with Gasteiger partial charge in [-0.25, -0.2) is 4.79 Å². The molecule has 106 valence electrons. The Morgan fingerprint density at radius 3 is 2.60 bits per heavy atom. The number of aryl methyl sites for hydroxylation is 1. The summed E-state index contributed by atoms with van der Waals surface area (Å²) in [6.07, 6.45) is 3.17. The summed E-state index contributed by atoms with van der Waals surface area (Å²) in [7, 11) is 3.60. The van der Waals surface area contributed by atoms with Crippen LogP contribution >= 0.6 is 0 Å². The summed E-state index contributed by atoms with van der Waals surface area (Å²) in [5.74, 6) is -0.169. The molecule has 0 unspecified atom stereocenters. The molecule has 0 N–H and O–H groups in total. The Morgan fingerprint density at radius 2 is 1.95 bits per heavy atom. The van der Waals surface area contributed by atoms with Crippen LogP contribution in [0.2, 0.25) is 0 Å². The first-order chi connectivity index (χ1) is 9.61. The molecule has 20 heavy (non-hydrogen) atoms. The molecule has 1 aromatic carbocycles. The highest BCUT2D eigenvalue weighted by Gasteiger charge is 2.42. The SMILES string of the molecule is COC(=O)C1=C(c2ccc(C)cc2)C[C@@H]2CC[C@H]1N2C. The third kappa shape index (κ3) is 2.06. The highest BCUT2D eigenvalue weighted by Crippen LogP contribution is 2.42. The molecule has 1 aromatic rings. The van der Waals surface area contributed by atoms with Gasteiger partial charge in [-0.3, -0.25) is 4.90 Å². The second kappa shape index (κ2) is 5.06. The van der Waals surface area contributed by atoms with E-state index in [1.54, 1.807) is 0 Å². The second-order valence-corrected chi connectivity index (χ2v) is 5.87.